The minimum Gasteiger partial charge on any atom is -0.507 e. The Morgan fingerprint density at radius 2 is 1.88 bits per heavy atom. The highest BCUT2D eigenvalue weighted by atomic mass is 79.9. The van der Waals surface area contributed by atoms with Crippen molar-refractivity contribution in [1.29, 1.82) is 0 Å². The zero-order chi connectivity index (χ0) is 19.5. The summed E-state index contributed by atoms with van der Waals surface area (Å²) < 4.78 is 43.3. The molecule has 0 saturated carbocycles. The van der Waals surface area contributed by atoms with Gasteiger partial charge in [0, 0.05) is 4.47 Å². The second kappa shape index (κ2) is 7.96. The van der Waals surface area contributed by atoms with E-state index in [9.17, 15) is 27.9 Å². The van der Waals surface area contributed by atoms with Crippen LogP contribution in [-0.2, 0) is 15.7 Å². The highest BCUT2D eigenvalue weighted by molar-refractivity contribution is 9.10. The SMILES string of the molecule is O=C(COC(=O)c1cc(Br)ccc1O)Nc1cc(C(F)(F)F)ccc1Cl. The molecule has 0 aliphatic heterocycles. The van der Waals surface area contributed by atoms with Gasteiger partial charge < -0.3 is 15.2 Å². The Hall–Kier alpha value is -2.26. The Labute approximate surface area is 158 Å². The Bertz CT molecular complexity index is 858. The number of carbonyl (C=O) groups is 2. The highest BCUT2D eigenvalue weighted by Crippen LogP contribution is 2.33. The van der Waals surface area contributed by atoms with E-state index in [0.29, 0.717) is 10.5 Å². The van der Waals surface area contributed by atoms with Crippen LogP contribution >= 0.6 is 27.5 Å². The molecule has 2 aromatic rings. The molecule has 2 rings (SSSR count). The molecule has 0 saturated heterocycles. The molecule has 5 nitrogen and oxygen atoms in total. The predicted octanol–water partition coefficient (Wildman–Crippen LogP) is 4.62. The van der Waals surface area contributed by atoms with Gasteiger partial charge in [-0.25, -0.2) is 4.79 Å². The van der Waals surface area contributed by atoms with Gasteiger partial charge in [0.15, 0.2) is 6.61 Å². The molecular weight excluding hydrogens is 443 g/mol. The van der Waals surface area contributed by atoms with Crippen molar-refractivity contribution < 1.29 is 32.6 Å². The third-order valence-electron chi connectivity index (χ3n) is 3.08. The van der Waals surface area contributed by atoms with Crippen molar-refractivity contribution in [2.45, 2.75) is 6.18 Å². The number of carbonyl (C=O) groups excluding carboxylic acids is 2. The number of aromatic hydroxyl groups is 1. The molecule has 0 unspecified atom stereocenters. The van der Waals surface area contributed by atoms with E-state index in [-0.39, 0.29) is 22.0 Å². The van der Waals surface area contributed by atoms with Crippen molar-refractivity contribution in [3.63, 3.8) is 0 Å². The number of anilines is 1. The summed E-state index contributed by atoms with van der Waals surface area (Å²) >= 11 is 8.87. The second-order valence-corrected chi connectivity index (χ2v) is 6.30. The highest BCUT2D eigenvalue weighted by Gasteiger charge is 2.31. The fraction of sp³-hybridized carbons (Fsp3) is 0.125. The summed E-state index contributed by atoms with van der Waals surface area (Å²) in [5.41, 5.74) is -1.44. The Morgan fingerprint density at radius 1 is 1.19 bits per heavy atom. The normalized spacial score (nSPS) is 11.1. The van der Waals surface area contributed by atoms with Crippen LogP contribution in [0.3, 0.4) is 0 Å². The molecule has 26 heavy (non-hydrogen) atoms. The fourth-order valence-corrected chi connectivity index (χ4v) is 2.39. The average molecular weight is 453 g/mol. The minimum absolute atomic E-state index is 0.109. The molecule has 0 bridgehead atoms. The Morgan fingerprint density at radius 3 is 2.54 bits per heavy atom. The maximum Gasteiger partial charge on any atom is 0.416 e. The quantitative estimate of drug-likeness (QED) is 0.664. The smallest absolute Gasteiger partial charge is 0.416 e. The number of amides is 1. The first kappa shape index (κ1) is 20.1. The van der Waals surface area contributed by atoms with Crippen LogP contribution in [0.4, 0.5) is 18.9 Å². The average Bonchev–Trinajstić information content (AvgIpc) is 2.55. The Balaban J connectivity index is 2.03. The van der Waals surface area contributed by atoms with Crippen molar-refractivity contribution in [2.75, 3.05) is 11.9 Å². The van der Waals surface area contributed by atoms with E-state index in [0.717, 1.165) is 12.1 Å². The second-order valence-electron chi connectivity index (χ2n) is 4.98. The number of benzene rings is 2. The maximum atomic E-state index is 12.7. The largest absolute Gasteiger partial charge is 0.507 e. The third kappa shape index (κ3) is 5.12. The van der Waals surface area contributed by atoms with Crippen LogP contribution in [0.1, 0.15) is 15.9 Å². The van der Waals surface area contributed by atoms with Gasteiger partial charge in [-0.3, -0.25) is 4.79 Å². The number of hydrogen-bond acceptors (Lipinski definition) is 4. The molecule has 0 fully saturated rings. The van der Waals surface area contributed by atoms with Gasteiger partial charge in [-0.15, -0.1) is 0 Å². The zero-order valence-corrected chi connectivity index (χ0v) is 15.1. The Kier molecular flexibility index (Phi) is 6.14. The first-order valence-electron chi connectivity index (χ1n) is 6.90. The van der Waals surface area contributed by atoms with Crippen molar-refractivity contribution in [3.05, 3.63) is 57.0 Å². The summed E-state index contributed by atoms with van der Waals surface area (Å²) in [6.45, 7) is -0.780. The maximum absolute atomic E-state index is 12.7. The molecule has 0 aliphatic carbocycles. The van der Waals surface area contributed by atoms with Gasteiger partial charge in [0.2, 0.25) is 0 Å². The van der Waals surface area contributed by atoms with Crippen molar-refractivity contribution in [3.8, 4) is 5.75 Å². The number of halogens is 5. The van der Waals surface area contributed by atoms with Gasteiger partial charge in [0.25, 0.3) is 5.91 Å². The van der Waals surface area contributed by atoms with Crippen LogP contribution in [-0.4, -0.2) is 23.6 Å². The van der Waals surface area contributed by atoms with Gasteiger partial charge in [-0.05, 0) is 36.4 Å². The van der Waals surface area contributed by atoms with Crippen LogP contribution in [0.2, 0.25) is 5.02 Å². The molecule has 0 radical (unpaired) electrons. The van der Waals surface area contributed by atoms with Crippen molar-refractivity contribution >= 4 is 45.1 Å². The standard InChI is InChI=1S/C16H10BrClF3NO4/c17-9-2-4-13(23)10(6-9)15(25)26-7-14(24)22-12-5-8(16(19,20)21)1-3-11(12)18/h1-6,23H,7H2,(H,22,24). The number of nitrogens with one attached hydrogen (secondary N) is 1. The summed E-state index contributed by atoms with van der Waals surface area (Å²) in [5.74, 6) is -2.22. The van der Waals surface area contributed by atoms with Crippen LogP contribution in [0, 0.1) is 0 Å². The first-order valence-corrected chi connectivity index (χ1v) is 8.07. The molecule has 0 atom stereocenters. The molecule has 2 aromatic carbocycles. The van der Waals surface area contributed by atoms with Crippen LogP contribution in [0.25, 0.3) is 0 Å². The lowest BCUT2D eigenvalue weighted by Crippen LogP contribution is -2.21. The van der Waals surface area contributed by atoms with Gasteiger partial charge in [-0.1, -0.05) is 27.5 Å². The van der Waals surface area contributed by atoms with E-state index in [1.807, 2.05) is 0 Å². The monoisotopic (exact) mass is 451 g/mol. The van der Waals surface area contributed by atoms with E-state index >= 15 is 0 Å². The molecule has 0 heterocycles. The number of ether oxygens (including phenoxy) is 1. The van der Waals surface area contributed by atoms with Gasteiger partial charge in [0.1, 0.15) is 11.3 Å². The van der Waals surface area contributed by atoms with E-state index < -0.39 is 30.2 Å². The molecule has 0 aromatic heterocycles. The predicted molar refractivity (Wildman–Crippen MR) is 91.2 cm³/mol. The first-order chi connectivity index (χ1) is 12.1. The lowest BCUT2D eigenvalue weighted by Gasteiger charge is -2.12. The summed E-state index contributed by atoms with van der Waals surface area (Å²) in [4.78, 5) is 23.7. The van der Waals surface area contributed by atoms with Crippen LogP contribution < -0.4 is 5.32 Å². The number of alkyl halides is 3. The van der Waals surface area contributed by atoms with Gasteiger partial charge in [-0.2, -0.15) is 13.2 Å². The topological polar surface area (TPSA) is 75.6 Å². The molecule has 0 spiro atoms. The number of rotatable bonds is 4. The number of phenolic OH excluding ortho intramolecular Hbond substituents is 1. The zero-order valence-electron chi connectivity index (χ0n) is 12.7. The van der Waals surface area contributed by atoms with E-state index in [2.05, 4.69) is 21.2 Å². The van der Waals surface area contributed by atoms with Crippen LogP contribution in [0.15, 0.2) is 40.9 Å². The molecular formula is C16H10BrClF3NO4. The molecule has 138 valence electrons. The van der Waals surface area contributed by atoms with E-state index in [1.54, 1.807) is 0 Å². The molecule has 2 N–H and O–H groups in total. The minimum atomic E-state index is -4.60. The summed E-state index contributed by atoms with van der Waals surface area (Å²) in [7, 11) is 0. The van der Waals surface area contributed by atoms with Gasteiger partial charge >= 0.3 is 12.1 Å². The number of hydrogen-bond donors (Lipinski definition) is 2. The lowest BCUT2D eigenvalue weighted by molar-refractivity contribution is -0.137. The van der Waals surface area contributed by atoms with Crippen LogP contribution in [0.5, 0.6) is 5.75 Å². The molecule has 0 aliphatic rings. The summed E-state index contributed by atoms with van der Waals surface area (Å²) in [6.07, 6.45) is -4.60. The third-order valence-corrected chi connectivity index (χ3v) is 3.90. The van der Waals surface area contributed by atoms with E-state index in [4.69, 9.17) is 16.3 Å². The summed E-state index contributed by atoms with van der Waals surface area (Å²) in [5, 5.41) is 11.6. The molecule has 10 heteroatoms. The molecule has 1 amide bonds. The van der Waals surface area contributed by atoms with Crippen molar-refractivity contribution in [1.82, 2.24) is 0 Å². The number of phenols is 1. The van der Waals surface area contributed by atoms with E-state index in [1.165, 1.54) is 18.2 Å². The van der Waals surface area contributed by atoms with Gasteiger partial charge in [0.05, 0.1) is 16.3 Å². The fourth-order valence-electron chi connectivity index (χ4n) is 1.86. The van der Waals surface area contributed by atoms with Crippen molar-refractivity contribution in [2.24, 2.45) is 0 Å². The number of esters is 1. The summed E-state index contributed by atoms with van der Waals surface area (Å²) in [6, 6.07) is 6.47. The lowest BCUT2D eigenvalue weighted by atomic mass is 10.2.